The number of allylic oxidation sites excluding steroid dienone is 2. The van der Waals surface area contributed by atoms with Gasteiger partial charge in [0.15, 0.2) is 0 Å². The summed E-state index contributed by atoms with van der Waals surface area (Å²) in [5.74, 6) is 0. The number of aromatic amines is 1. The number of benzene rings is 1. The predicted molar refractivity (Wildman–Crippen MR) is 130 cm³/mol. The molecule has 0 saturated heterocycles. The Morgan fingerprint density at radius 2 is 2.22 bits per heavy atom. The van der Waals surface area contributed by atoms with Gasteiger partial charge in [0, 0.05) is 36.7 Å². The molecule has 32 heavy (non-hydrogen) atoms. The lowest BCUT2D eigenvalue weighted by atomic mass is 9.90. The van der Waals surface area contributed by atoms with Gasteiger partial charge in [-0.3, -0.25) is 0 Å². The summed E-state index contributed by atoms with van der Waals surface area (Å²) in [6.07, 6.45) is 14.7. The Bertz CT molecular complexity index is 1180. The molecule has 0 spiro atoms. The lowest BCUT2D eigenvalue weighted by Crippen LogP contribution is -2.22. The second-order valence-corrected chi connectivity index (χ2v) is 8.46. The summed E-state index contributed by atoms with van der Waals surface area (Å²) in [4.78, 5) is 3.14. The molecular formula is C26H30N6. The van der Waals surface area contributed by atoms with Crippen LogP contribution in [0.4, 0.5) is 0 Å². The van der Waals surface area contributed by atoms with Crippen LogP contribution in [0, 0.1) is 6.92 Å². The van der Waals surface area contributed by atoms with Crippen molar-refractivity contribution in [3.63, 3.8) is 0 Å². The summed E-state index contributed by atoms with van der Waals surface area (Å²) in [6.45, 7) is 6.91. The molecule has 3 aromatic rings. The van der Waals surface area contributed by atoms with Crippen LogP contribution in [0.15, 0.2) is 60.6 Å². The van der Waals surface area contributed by atoms with Gasteiger partial charge in [0.25, 0.3) is 0 Å². The Kier molecular flexibility index (Phi) is 5.77. The predicted octanol–water partition coefficient (Wildman–Crippen LogP) is 4.61. The summed E-state index contributed by atoms with van der Waals surface area (Å²) in [5, 5.41) is 16.0. The molecule has 0 radical (unpaired) electrons. The van der Waals surface area contributed by atoms with Gasteiger partial charge in [-0.25, -0.2) is 4.68 Å². The number of H-pyrrole nitrogens is 1. The van der Waals surface area contributed by atoms with Crippen LogP contribution in [-0.4, -0.2) is 33.1 Å². The molecule has 5 rings (SSSR count). The fraction of sp³-hybridized carbons (Fsp3) is 0.308. The first-order valence-corrected chi connectivity index (χ1v) is 11.4. The highest BCUT2D eigenvalue weighted by Crippen LogP contribution is 2.37. The highest BCUT2D eigenvalue weighted by Gasteiger charge is 2.26. The molecule has 2 aliphatic rings. The van der Waals surface area contributed by atoms with Gasteiger partial charge in [-0.1, -0.05) is 29.5 Å². The van der Waals surface area contributed by atoms with E-state index in [4.69, 9.17) is 0 Å². The van der Waals surface area contributed by atoms with Crippen molar-refractivity contribution in [1.82, 2.24) is 30.6 Å². The Balaban J connectivity index is 1.58. The number of nitrogens with one attached hydrogen (secondary N) is 3. The minimum absolute atomic E-state index is 0.176. The first-order chi connectivity index (χ1) is 15.7. The van der Waals surface area contributed by atoms with Crippen LogP contribution < -0.4 is 10.6 Å². The Labute approximate surface area is 189 Å². The fourth-order valence-electron chi connectivity index (χ4n) is 4.72. The molecule has 1 unspecified atom stereocenters. The molecule has 1 aromatic carbocycles. The highest BCUT2D eigenvalue weighted by molar-refractivity contribution is 5.74. The van der Waals surface area contributed by atoms with E-state index in [0.717, 1.165) is 55.1 Å². The van der Waals surface area contributed by atoms with Crippen LogP contribution in [0.3, 0.4) is 0 Å². The maximum atomic E-state index is 4.42. The third-order valence-electron chi connectivity index (χ3n) is 6.28. The van der Waals surface area contributed by atoms with Gasteiger partial charge in [0.2, 0.25) is 0 Å². The zero-order chi connectivity index (χ0) is 21.9. The Hall–Kier alpha value is -3.38. The van der Waals surface area contributed by atoms with E-state index in [-0.39, 0.29) is 6.04 Å². The molecule has 164 valence electrons. The quantitative estimate of drug-likeness (QED) is 0.521. The van der Waals surface area contributed by atoms with Crippen molar-refractivity contribution < 1.29 is 0 Å². The van der Waals surface area contributed by atoms with E-state index in [1.165, 1.54) is 22.3 Å². The second-order valence-electron chi connectivity index (χ2n) is 8.46. The number of fused-ring (bicyclic) bond motifs is 3. The van der Waals surface area contributed by atoms with Crippen molar-refractivity contribution in [2.45, 2.75) is 39.3 Å². The smallest absolute Gasteiger partial charge is 0.0918 e. The summed E-state index contributed by atoms with van der Waals surface area (Å²) in [7, 11) is 0. The number of aromatic nitrogens is 4. The van der Waals surface area contributed by atoms with Gasteiger partial charge in [-0.05, 0) is 79.8 Å². The van der Waals surface area contributed by atoms with E-state index in [9.17, 15) is 0 Å². The first kappa shape index (κ1) is 20.5. The minimum Gasteiger partial charge on any atom is -0.378 e. The summed E-state index contributed by atoms with van der Waals surface area (Å²) < 4.78 is 2.06. The van der Waals surface area contributed by atoms with Crippen LogP contribution in [-0.2, 0) is 6.54 Å². The van der Waals surface area contributed by atoms with E-state index in [1.807, 2.05) is 12.4 Å². The van der Waals surface area contributed by atoms with Gasteiger partial charge in [0.05, 0.1) is 17.4 Å². The topological polar surface area (TPSA) is 70.6 Å². The molecule has 2 aliphatic heterocycles. The molecule has 0 amide bonds. The molecule has 0 saturated carbocycles. The first-order valence-electron chi connectivity index (χ1n) is 11.4. The average molecular weight is 427 g/mol. The monoisotopic (exact) mass is 426 g/mol. The standard InChI is InChI=1S/C26H30N6/c1-3-4-22(15-19-7-11-28-17-19)29-25-10-14-32-26(18(2)30-31-32)23-6-5-21(16-24(23)25)20-8-12-27-13-9-20/h3-8,11,15-17,25,27-29H,9-10,12-14H2,1-2H3/b4-3-,22-15+. The van der Waals surface area contributed by atoms with Crippen LogP contribution in [0.2, 0.25) is 0 Å². The van der Waals surface area contributed by atoms with E-state index < -0.39 is 0 Å². The molecule has 4 heterocycles. The summed E-state index contributed by atoms with van der Waals surface area (Å²) in [5.41, 5.74) is 9.66. The number of aryl methyl sites for hydroxylation is 2. The molecule has 0 aliphatic carbocycles. The molecule has 0 fully saturated rings. The van der Waals surface area contributed by atoms with Crippen molar-refractivity contribution in [2.24, 2.45) is 0 Å². The Morgan fingerprint density at radius 1 is 1.28 bits per heavy atom. The lowest BCUT2D eigenvalue weighted by Gasteiger charge is -2.23. The molecule has 3 N–H and O–H groups in total. The van der Waals surface area contributed by atoms with Crippen molar-refractivity contribution in [3.8, 4) is 11.3 Å². The highest BCUT2D eigenvalue weighted by atomic mass is 15.4. The zero-order valence-corrected chi connectivity index (χ0v) is 18.7. The Morgan fingerprint density at radius 3 is 3.00 bits per heavy atom. The third-order valence-corrected chi connectivity index (χ3v) is 6.28. The average Bonchev–Trinajstić information content (AvgIpc) is 3.43. The maximum Gasteiger partial charge on any atom is 0.0918 e. The van der Waals surface area contributed by atoms with Crippen LogP contribution in [0.25, 0.3) is 22.9 Å². The second kappa shape index (κ2) is 9.01. The molecule has 6 nitrogen and oxygen atoms in total. The van der Waals surface area contributed by atoms with Crippen molar-refractivity contribution in [1.29, 1.82) is 0 Å². The van der Waals surface area contributed by atoms with Crippen molar-refractivity contribution in [3.05, 3.63) is 83.0 Å². The van der Waals surface area contributed by atoms with E-state index in [1.54, 1.807) is 0 Å². The summed E-state index contributed by atoms with van der Waals surface area (Å²) >= 11 is 0. The van der Waals surface area contributed by atoms with E-state index >= 15 is 0 Å². The van der Waals surface area contributed by atoms with Gasteiger partial charge >= 0.3 is 0 Å². The number of nitrogens with zero attached hydrogens (tertiary/aromatic N) is 3. The minimum atomic E-state index is 0.176. The van der Waals surface area contributed by atoms with Crippen LogP contribution in [0.5, 0.6) is 0 Å². The van der Waals surface area contributed by atoms with Gasteiger partial charge in [0.1, 0.15) is 0 Å². The number of rotatable bonds is 5. The van der Waals surface area contributed by atoms with Gasteiger partial charge in [-0.2, -0.15) is 0 Å². The number of hydrogen-bond donors (Lipinski definition) is 3. The largest absolute Gasteiger partial charge is 0.378 e. The van der Waals surface area contributed by atoms with Gasteiger partial charge in [-0.15, -0.1) is 5.10 Å². The number of hydrogen-bond acceptors (Lipinski definition) is 4. The third kappa shape index (κ3) is 4.06. The maximum absolute atomic E-state index is 4.42. The molecule has 2 aromatic heterocycles. The van der Waals surface area contributed by atoms with Gasteiger partial charge < -0.3 is 15.6 Å². The fourth-order valence-corrected chi connectivity index (χ4v) is 4.72. The van der Waals surface area contributed by atoms with E-state index in [2.05, 4.69) is 93.0 Å². The van der Waals surface area contributed by atoms with Crippen LogP contribution >= 0.6 is 0 Å². The molecule has 6 heteroatoms. The van der Waals surface area contributed by atoms with Crippen LogP contribution in [0.1, 0.15) is 48.2 Å². The molecular weight excluding hydrogens is 396 g/mol. The summed E-state index contributed by atoms with van der Waals surface area (Å²) in [6, 6.07) is 9.17. The van der Waals surface area contributed by atoms with Crippen molar-refractivity contribution in [2.75, 3.05) is 13.1 Å². The molecule has 0 bridgehead atoms. The zero-order valence-electron chi connectivity index (χ0n) is 18.7. The van der Waals surface area contributed by atoms with Crippen molar-refractivity contribution >= 4 is 11.6 Å². The molecule has 1 atom stereocenters. The SMILES string of the molecule is C/C=C\C(=C/c1cc[nH]c1)NC1CCn2nnc(C)c2-c2ccc(C3=CCNCC3)cc21. The van der Waals surface area contributed by atoms with E-state index in [0.29, 0.717) is 0 Å². The normalized spacial score (nSPS) is 18.8. The lowest BCUT2D eigenvalue weighted by molar-refractivity contribution is 0.485.